The topological polar surface area (TPSA) is 58.6 Å². The van der Waals surface area contributed by atoms with Crippen molar-refractivity contribution < 1.29 is 14.3 Å². The van der Waals surface area contributed by atoms with Gasteiger partial charge in [-0.1, -0.05) is 56.3 Å². The summed E-state index contributed by atoms with van der Waals surface area (Å²) in [5.41, 5.74) is 3.15. The number of para-hydroxylation sites is 1. The fraction of sp³-hybridized carbons (Fsp3) is 0.417. The fourth-order valence-corrected chi connectivity index (χ4v) is 3.19. The Kier molecular flexibility index (Phi) is 8.25. The number of aryl methyl sites for hydroxylation is 1. The quantitative estimate of drug-likeness (QED) is 0.696. The largest absolute Gasteiger partial charge is 0.483 e. The van der Waals surface area contributed by atoms with Crippen molar-refractivity contribution in [3.05, 3.63) is 65.2 Å². The maximum atomic E-state index is 13.1. The first-order chi connectivity index (χ1) is 13.8. The Morgan fingerprint density at radius 2 is 1.69 bits per heavy atom. The summed E-state index contributed by atoms with van der Waals surface area (Å²) in [6, 6.07) is 15.0. The maximum absolute atomic E-state index is 13.1. The second kappa shape index (κ2) is 10.6. The summed E-state index contributed by atoms with van der Waals surface area (Å²) in [5.74, 6) is 0.610. The van der Waals surface area contributed by atoms with Gasteiger partial charge in [0, 0.05) is 13.1 Å². The molecule has 1 atom stereocenters. The van der Waals surface area contributed by atoms with Gasteiger partial charge in [0.15, 0.2) is 6.61 Å². The van der Waals surface area contributed by atoms with Crippen LogP contribution in [-0.2, 0) is 16.1 Å². The summed E-state index contributed by atoms with van der Waals surface area (Å²) in [6.07, 6.45) is 0. The van der Waals surface area contributed by atoms with Crippen LogP contribution in [0.5, 0.6) is 5.75 Å². The second-order valence-corrected chi connectivity index (χ2v) is 7.50. The normalized spacial score (nSPS) is 11.8. The SMILES string of the molecule is CCNC(=O)[C@@H](C)N(Cc1ccccc1C)C(=O)COc1ccccc1C(C)C. The first-order valence-electron chi connectivity index (χ1n) is 10.2. The van der Waals surface area contributed by atoms with Gasteiger partial charge >= 0.3 is 0 Å². The molecule has 0 spiro atoms. The third kappa shape index (κ3) is 6.08. The molecule has 0 aliphatic carbocycles. The Balaban J connectivity index is 2.20. The molecular weight excluding hydrogens is 364 g/mol. The minimum absolute atomic E-state index is 0.112. The summed E-state index contributed by atoms with van der Waals surface area (Å²) in [6.45, 7) is 10.6. The number of hydrogen-bond donors (Lipinski definition) is 1. The highest BCUT2D eigenvalue weighted by Gasteiger charge is 2.26. The lowest BCUT2D eigenvalue weighted by Crippen LogP contribution is -2.49. The molecule has 156 valence electrons. The Bertz CT molecular complexity index is 832. The van der Waals surface area contributed by atoms with E-state index < -0.39 is 6.04 Å². The molecule has 0 aromatic heterocycles. The van der Waals surface area contributed by atoms with Crippen LogP contribution in [0.2, 0.25) is 0 Å². The number of benzene rings is 2. The number of ether oxygens (including phenoxy) is 1. The van der Waals surface area contributed by atoms with Crippen molar-refractivity contribution >= 4 is 11.8 Å². The summed E-state index contributed by atoms with van der Waals surface area (Å²) in [5, 5.41) is 2.81. The molecule has 0 saturated heterocycles. The van der Waals surface area contributed by atoms with Gasteiger partial charge in [-0.3, -0.25) is 9.59 Å². The number of rotatable bonds is 9. The van der Waals surface area contributed by atoms with Crippen molar-refractivity contribution in [2.75, 3.05) is 13.2 Å². The number of carbonyl (C=O) groups is 2. The van der Waals surface area contributed by atoms with Gasteiger partial charge in [-0.15, -0.1) is 0 Å². The van der Waals surface area contributed by atoms with Crippen molar-refractivity contribution in [2.45, 2.75) is 53.1 Å². The third-order valence-corrected chi connectivity index (χ3v) is 5.01. The Hall–Kier alpha value is -2.82. The Labute approximate surface area is 174 Å². The number of amides is 2. The van der Waals surface area contributed by atoms with Gasteiger partial charge in [-0.25, -0.2) is 0 Å². The molecular formula is C24H32N2O3. The van der Waals surface area contributed by atoms with Crippen LogP contribution in [0.25, 0.3) is 0 Å². The lowest BCUT2D eigenvalue weighted by Gasteiger charge is -2.29. The second-order valence-electron chi connectivity index (χ2n) is 7.50. The fourth-order valence-electron chi connectivity index (χ4n) is 3.19. The van der Waals surface area contributed by atoms with Crippen LogP contribution in [-0.4, -0.2) is 35.9 Å². The Morgan fingerprint density at radius 3 is 2.34 bits per heavy atom. The van der Waals surface area contributed by atoms with E-state index in [1.807, 2.05) is 62.4 Å². The van der Waals surface area contributed by atoms with E-state index in [-0.39, 0.29) is 18.4 Å². The van der Waals surface area contributed by atoms with Crippen molar-refractivity contribution in [3.8, 4) is 5.75 Å². The standard InChI is InChI=1S/C24H32N2O3/c1-6-25-24(28)19(5)26(15-20-12-8-7-11-18(20)4)23(27)16-29-22-14-10-9-13-21(22)17(2)3/h7-14,17,19H,6,15-16H2,1-5H3,(H,25,28)/t19-/m1/s1. The van der Waals surface area contributed by atoms with Crippen molar-refractivity contribution in [3.63, 3.8) is 0 Å². The molecule has 0 bridgehead atoms. The maximum Gasteiger partial charge on any atom is 0.261 e. The van der Waals surface area contributed by atoms with E-state index in [1.165, 1.54) is 0 Å². The number of likely N-dealkylation sites (N-methyl/N-ethyl adjacent to an activating group) is 1. The molecule has 0 radical (unpaired) electrons. The van der Waals surface area contributed by atoms with Crippen LogP contribution < -0.4 is 10.1 Å². The highest BCUT2D eigenvalue weighted by molar-refractivity contribution is 5.88. The van der Waals surface area contributed by atoms with Gasteiger partial charge < -0.3 is 15.0 Å². The molecule has 0 fully saturated rings. The number of carbonyl (C=O) groups excluding carboxylic acids is 2. The van der Waals surface area contributed by atoms with Gasteiger partial charge in [-0.05, 0) is 49.4 Å². The molecule has 5 nitrogen and oxygen atoms in total. The van der Waals surface area contributed by atoms with Crippen LogP contribution >= 0.6 is 0 Å². The smallest absolute Gasteiger partial charge is 0.261 e. The predicted octanol–water partition coefficient (Wildman–Crippen LogP) is 4.05. The molecule has 2 aromatic carbocycles. The molecule has 29 heavy (non-hydrogen) atoms. The summed E-state index contributed by atoms with van der Waals surface area (Å²) >= 11 is 0. The minimum atomic E-state index is -0.592. The Morgan fingerprint density at radius 1 is 1.03 bits per heavy atom. The lowest BCUT2D eigenvalue weighted by atomic mass is 10.0. The molecule has 0 aliphatic rings. The predicted molar refractivity (Wildman–Crippen MR) is 116 cm³/mol. The van der Waals surface area contributed by atoms with Gasteiger partial charge in [0.2, 0.25) is 5.91 Å². The summed E-state index contributed by atoms with van der Waals surface area (Å²) < 4.78 is 5.88. The molecule has 5 heteroatoms. The van der Waals surface area contributed by atoms with E-state index >= 15 is 0 Å². The van der Waals surface area contributed by atoms with Crippen LogP contribution in [0.1, 0.15) is 50.3 Å². The lowest BCUT2D eigenvalue weighted by molar-refractivity contribution is -0.142. The summed E-state index contributed by atoms with van der Waals surface area (Å²) in [4.78, 5) is 27.1. The molecule has 2 rings (SSSR count). The van der Waals surface area contributed by atoms with Gasteiger partial charge in [-0.2, -0.15) is 0 Å². The molecule has 1 N–H and O–H groups in total. The van der Waals surface area contributed by atoms with E-state index in [4.69, 9.17) is 4.74 Å². The molecule has 0 heterocycles. The third-order valence-electron chi connectivity index (χ3n) is 5.01. The monoisotopic (exact) mass is 396 g/mol. The van der Waals surface area contributed by atoms with Gasteiger partial charge in [0.25, 0.3) is 5.91 Å². The molecule has 2 amide bonds. The zero-order chi connectivity index (χ0) is 21.4. The van der Waals surface area contributed by atoms with Gasteiger partial charge in [0.1, 0.15) is 11.8 Å². The van der Waals surface area contributed by atoms with Crippen LogP contribution in [0.3, 0.4) is 0 Å². The van der Waals surface area contributed by atoms with Crippen LogP contribution in [0.4, 0.5) is 0 Å². The van der Waals surface area contributed by atoms with E-state index in [2.05, 4.69) is 19.2 Å². The van der Waals surface area contributed by atoms with E-state index in [9.17, 15) is 9.59 Å². The van der Waals surface area contributed by atoms with Crippen molar-refractivity contribution in [1.29, 1.82) is 0 Å². The van der Waals surface area contributed by atoms with Crippen LogP contribution in [0, 0.1) is 6.92 Å². The molecule has 0 saturated carbocycles. The average molecular weight is 397 g/mol. The molecule has 0 unspecified atom stereocenters. The molecule has 2 aromatic rings. The zero-order valence-corrected chi connectivity index (χ0v) is 18.1. The molecule has 0 aliphatic heterocycles. The number of hydrogen-bond acceptors (Lipinski definition) is 3. The average Bonchev–Trinajstić information content (AvgIpc) is 2.71. The van der Waals surface area contributed by atoms with Crippen LogP contribution in [0.15, 0.2) is 48.5 Å². The zero-order valence-electron chi connectivity index (χ0n) is 18.1. The van der Waals surface area contributed by atoms with E-state index in [1.54, 1.807) is 11.8 Å². The summed E-state index contributed by atoms with van der Waals surface area (Å²) in [7, 11) is 0. The highest BCUT2D eigenvalue weighted by Crippen LogP contribution is 2.26. The number of nitrogens with zero attached hydrogens (tertiary/aromatic N) is 1. The van der Waals surface area contributed by atoms with Gasteiger partial charge in [0.05, 0.1) is 0 Å². The van der Waals surface area contributed by atoms with Crippen molar-refractivity contribution in [1.82, 2.24) is 10.2 Å². The number of nitrogens with one attached hydrogen (secondary N) is 1. The van der Waals surface area contributed by atoms with Crippen molar-refractivity contribution in [2.24, 2.45) is 0 Å². The van der Waals surface area contributed by atoms with E-state index in [0.717, 1.165) is 16.7 Å². The highest BCUT2D eigenvalue weighted by atomic mass is 16.5. The van der Waals surface area contributed by atoms with E-state index in [0.29, 0.717) is 24.8 Å². The minimum Gasteiger partial charge on any atom is -0.483 e. The first kappa shape index (κ1) is 22.5. The first-order valence-corrected chi connectivity index (χ1v) is 10.2.